The number of benzene rings is 1. The summed E-state index contributed by atoms with van der Waals surface area (Å²) in [6.45, 7) is 4.45. The molecule has 0 bridgehead atoms. The van der Waals surface area contributed by atoms with Gasteiger partial charge in [0.1, 0.15) is 11.6 Å². The molecule has 0 saturated carbocycles. The lowest BCUT2D eigenvalue weighted by atomic mass is 9.98. The van der Waals surface area contributed by atoms with Gasteiger partial charge in [0, 0.05) is 17.5 Å². The van der Waals surface area contributed by atoms with Gasteiger partial charge in [-0.3, -0.25) is 4.98 Å². The Morgan fingerprint density at radius 1 is 1.21 bits per heavy atom. The quantitative estimate of drug-likeness (QED) is 0.913. The Bertz CT molecular complexity index is 570. The van der Waals surface area contributed by atoms with Gasteiger partial charge in [0.05, 0.1) is 6.04 Å². The highest BCUT2D eigenvalue weighted by molar-refractivity contribution is 5.33. The maximum atomic E-state index is 13.9. The lowest BCUT2D eigenvalue weighted by Crippen LogP contribution is -2.23. The van der Waals surface area contributed by atoms with Gasteiger partial charge in [-0.25, -0.2) is 8.78 Å². The monoisotopic (exact) mass is 262 g/mol. The zero-order chi connectivity index (χ0) is 13.8. The minimum atomic E-state index is -0.440. The van der Waals surface area contributed by atoms with Gasteiger partial charge < -0.3 is 5.32 Å². The highest BCUT2D eigenvalue weighted by Gasteiger charge is 2.18. The van der Waals surface area contributed by atoms with Crippen molar-refractivity contribution < 1.29 is 8.78 Å². The van der Waals surface area contributed by atoms with Crippen LogP contribution in [0.4, 0.5) is 8.78 Å². The van der Waals surface area contributed by atoms with Crippen LogP contribution in [0.15, 0.2) is 36.5 Å². The van der Waals surface area contributed by atoms with E-state index in [0.717, 1.165) is 23.4 Å². The summed E-state index contributed by atoms with van der Waals surface area (Å²) in [4.78, 5) is 4.12. The van der Waals surface area contributed by atoms with Crippen LogP contribution in [0.2, 0.25) is 0 Å². The first kappa shape index (κ1) is 13.6. The Morgan fingerprint density at radius 2 is 2.00 bits per heavy atom. The molecular weight excluding hydrogens is 246 g/mol. The Hall–Kier alpha value is -1.81. The third kappa shape index (κ3) is 3.15. The number of aromatic nitrogens is 1. The van der Waals surface area contributed by atoms with E-state index in [9.17, 15) is 8.78 Å². The number of nitrogens with one attached hydrogen (secondary N) is 1. The van der Waals surface area contributed by atoms with E-state index < -0.39 is 11.6 Å². The fraction of sp³-hybridized carbons (Fsp3) is 0.267. The molecule has 0 aliphatic carbocycles. The van der Waals surface area contributed by atoms with Crippen LogP contribution in [-0.4, -0.2) is 11.5 Å². The number of halogens is 2. The van der Waals surface area contributed by atoms with Crippen LogP contribution in [0.1, 0.15) is 29.8 Å². The molecule has 1 unspecified atom stereocenters. The van der Waals surface area contributed by atoms with Gasteiger partial charge in [-0.1, -0.05) is 6.92 Å². The predicted octanol–water partition coefficient (Wildman–Crippen LogP) is 3.37. The summed E-state index contributed by atoms with van der Waals surface area (Å²) in [7, 11) is 0. The summed E-state index contributed by atoms with van der Waals surface area (Å²) in [5, 5.41) is 3.18. The minimum absolute atomic E-state index is 0.312. The lowest BCUT2D eigenvalue weighted by Gasteiger charge is -2.19. The van der Waals surface area contributed by atoms with Gasteiger partial charge in [-0.2, -0.15) is 0 Å². The van der Waals surface area contributed by atoms with E-state index in [4.69, 9.17) is 0 Å². The molecule has 100 valence electrons. The van der Waals surface area contributed by atoms with Gasteiger partial charge in [0.2, 0.25) is 0 Å². The second-order valence-corrected chi connectivity index (χ2v) is 4.39. The van der Waals surface area contributed by atoms with Crippen molar-refractivity contribution in [2.45, 2.75) is 19.9 Å². The maximum Gasteiger partial charge on any atom is 0.128 e. The number of hydrogen-bond acceptors (Lipinski definition) is 2. The van der Waals surface area contributed by atoms with Crippen LogP contribution in [0, 0.1) is 18.6 Å². The molecule has 0 fully saturated rings. The molecule has 0 aliphatic heterocycles. The standard InChI is InChI=1S/C15H16F2N2/c1-3-18-15(11-6-7-19-10(2)8-11)13-9-12(16)4-5-14(13)17/h4-9,15,18H,3H2,1-2H3. The van der Waals surface area contributed by atoms with E-state index in [1.54, 1.807) is 6.20 Å². The molecule has 2 rings (SSSR count). The van der Waals surface area contributed by atoms with Crippen molar-refractivity contribution in [3.8, 4) is 0 Å². The second-order valence-electron chi connectivity index (χ2n) is 4.39. The Kier molecular flexibility index (Phi) is 4.22. The summed E-state index contributed by atoms with van der Waals surface area (Å²) in [6.07, 6.45) is 1.67. The van der Waals surface area contributed by atoms with Crippen molar-refractivity contribution >= 4 is 0 Å². The van der Waals surface area contributed by atoms with E-state index >= 15 is 0 Å². The molecule has 1 N–H and O–H groups in total. The SMILES string of the molecule is CCNC(c1ccnc(C)c1)c1cc(F)ccc1F. The van der Waals surface area contributed by atoms with E-state index in [2.05, 4.69) is 10.3 Å². The molecule has 2 aromatic rings. The molecular formula is C15H16F2N2. The Morgan fingerprint density at radius 3 is 2.68 bits per heavy atom. The van der Waals surface area contributed by atoms with Crippen LogP contribution in [0.25, 0.3) is 0 Å². The topological polar surface area (TPSA) is 24.9 Å². The maximum absolute atomic E-state index is 13.9. The number of hydrogen-bond donors (Lipinski definition) is 1. The number of aryl methyl sites for hydroxylation is 1. The van der Waals surface area contributed by atoms with Crippen LogP contribution in [0.3, 0.4) is 0 Å². The smallest absolute Gasteiger partial charge is 0.128 e. The van der Waals surface area contributed by atoms with E-state index in [1.807, 2.05) is 26.0 Å². The summed E-state index contributed by atoms with van der Waals surface area (Å²) in [5.41, 5.74) is 2.03. The van der Waals surface area contributed by atoms with E-state index in [1.165, 1.54) is 6.07 Å². The van der Waals surface area contributed by atoms with Gasteiger partial charge >= 0.3 is 0 Å². The molecule has 0 radical (unpaired) electrons. The molecule has 0 saturated heterocycles. The highest BCUT2D eigenvalue weighted by atomic mass is 19.1. The molecule has 19 heavy (non-hydrogen) atoms. The largest absolute Gasteiger partial charge is 0.306 e. The highest BCUT2D eigenvalue weighted by Crippen LogP contribution is 2.25. The first-order valence-electron chi connectivity index (χ1n) is 6.22. The molecule has 0 aliphatic rings. The normalized spacial score (nSPS) is 12.4. The van der Waals surface area contributed by atoms with Gasteiger partial charge in [-0.05, 0) is 49.4 Å². The third-order valence-electron chi connectivity index (χ3n) is 2.93. The van der Waals surface area contributed by atoms with Gasteiger partial charge in [0.15, 0.2) is 0 Å². The van der Waals surface area contributed by atoms with Crippen molar-refractivity contribution in [2.24, 2.45) is 0 Å². The predicted molar refractivity (Wildman–Crippen MR) is 70.9 cm³/mol. The van der Waals surface area contributed by atoms with Crippen molar-refractivity contribution in [3.05, 3.63) is 65.0 Å². The molecule has 0 spiro atoms. The zero-order valence-electron chi connectivity index (χ0n) is 11.0. The van der Waals surface area contributed by atoms with Gasteiger partial charge in [-0.15, -0.1) is 0 Å². The van der Waals surface area contributed by atoms with Crippen LogP contribution < -0.4 is 5.32 Å². The lowest BCUT2D eigenvalue weighted by molar-refractivity contribution is 0.544. The van der Waals surface area contributed by atoms with E-state index in [0.29, 0.717) is 12.1 Å². The van der Waals surface area contributed by atoms with Crippen LogP contribution in [-0.2, 0) is 0 Å². The fourth-order valence-corrected chi connectivity index (χ4v) is 2.09. The average Bonchev–Trinajstić information content (AvgIpc) is 2.39. The first-order valence-corrected chi connectivity index (χ1v) is 6.22. The first-order chi connectivity index (χ1) is 9.11. The molecule has 1 heterocycles. The number of pyridine rings is 1. The van der Waals surface area contributed by atoms with Crippen LogP contribution in [0.5, 0.6) is 0 Å². The zero-order valence-corrected chi connectivity index (χ0v) is 11.0. The fourth-order valence-electron chi connectivity index (χ4n) is 2.09. The summed E-state index contributed by atoms with van der Waals surface area (Å²) in [5.74, 6) is -0.855. The molecule has 0 amide bonds. The van der Waals surface area contributed by atoms with Crippen molar-refractivity contribution in [3.63, 3.8) is 0 Å². The second kappa shape index (κ2) is 5.89. The van der Waals surface area contributed by atoms with Crippen molar-refractivity contribution in [2.75, 3.05) is 6.54 Å². The molecule has 1 aromatic carbocycles. The Labute approximate surface area is 111 Å². The molecule has 4 heteroatoms. The van der Waals surface area contributed by atoms with Crippen LogP contribution >= 0.6 is 0 Å². The summed E-state index contributed by atoms with van der Waals surface area (Å²) in [6, 6.07) is 6.83. The number of rotatable bonds is 4. The van der Waals surface area contributed by atoms with Crippen molar-refractivity contribution in [1.29, 1.82) is 0 Å². The van der Waals surface area contributed by atoms with Crippen molar-refractivity contribution in [1.82, 2.24) is 10.3 Å². The third-order valence-corrected chi connectivity index (χ3v) is 2.93. The molecule has 1 atom stereocenters. The summed E-state index contributed by atoms with van der Waals surface area (Å²) < 4.78 is 27.2. The number of nitrogens with zero attached hydrogens (tertiary/aromatic N) is 1. The molecule has 2 nitrogen and oxygen atoms in total. The van der Waals surface area contributed by atoms with Gasteiger partial charge in [0.25, 0.3) is 0 Å². The van der Waals surface area contributed by atoms with E-state index in [-0.39, 0.29) is 6.04 Å². The minimum Gasteiger partial charge on any atom is -0.306 e. The molecule has 1 aromatic heterocycles. The Balaban J connectivity index is 2.48. The average molecular weight is 262 g/mol. The summed E-state index contributed by atoms with van der Waals surface area (Å²) >= 11 is 0.